The van der Waals surface area contributed by atoms with Crippen LogP contribution in [0.25, 0.3) is 10.6 Å². The molecule has 0 radical (unpaired) electrons. The Labute approximate surface area is 328 Å². The van der Waals surface area contributed by atoms with Crippen molar-refractivity contribution in [2.45, 2.75) is 62.6 Å². The van der Waals surface area contributed by atoms with Gasteiger partial charge in [0.15, 0.2) is 0 Å². The highest BCUT2D eigenvalue weighted by Gasteiger charge is 2.45. The molecule has 3 heterocycles. The van der Waals surface area contributed by atoms with Gasteiger partial charge in [0.1, 0.15) is 9.88 Å². The first-order valence-corrected chi connectivity index (χ1v) is 19.5. The van der Waals surface area contributed by atoms with Crippen LogP contribution < -0.4 is 10.6 Å². The van der Waals surface area contributed by atoms with E-state index in [4.69, 9.17) is 0 Å². The highest BCUT2D eigenvalue weighted by Crippen LogP contribution is 2.39. The molecule has 292 valence electrons. The summed E-state index contributed by atoms with van der Waals surface area (Å²) in [6, 6.07) is 33.7. The van der Waals surface area contributed by atoms with E-state index in [0.29, 0.717) is 59.9 Å². The number of hydrogen-bond acceptors (Lipinski definition) is 6. The minimum atomic E-state index is -4.42. The van der Waals surface area contributed by atoms with Crippen LogP contribution in [-0.2, 0) is 26.6 Å². The van der Waals surface area contributed by atoms with Crippen molar-refractivity contribution in [2.24, 2.45) is 0 Å². The number of rotatable bonds is 8. The maximum atomic E-state index is 13.9. The lowest BCUT2D eigenvalue weighted by Gasteiger charge is -2.41. The van der Waals surface area contributed by atoms with E-state index in [2.05, 4.69) is 15.6 Å². The third kappa shape index (κ3) is 8.71. The molecule has 2 aliphatic rings. The Morgan fingerprint density at radius 3 is 1.82 bits per heavy atom. The summed E-state index contributed by atoms with van der Waals surface area (Å²) in [5, 5.41) is 16.3. The van der Waals surface area contributed by atoms with Gasteiger partial charge in [0.2, 0.25) is 5.91 Å². The molecule has 3 N–H and O–H groups in total. The van der Waals surface area contributed by atoms with Crippen molar-refractivity contribution in [1.29, 1.82) is 0 Å². The number of aryl methyl sites for hydroxylation is 1. The summed E-state index contributed by atoms with van der Waals surface area (Å²) in [7, 11) is 0. The van der Waals surface area contributed by atoms with Gasteiger partial charge in [-0.15, -0.1) is 11.3 Å². The smallest absolute Gasteiger partial charge is 0.416 e. The number of aliphatic carboxylic acids is 1. The first-order valence-electron chi connectivity index (χ1n) is 18.7. The van der Waals surface area contributed by atoms with Crippen LogP contribution in [0.2, 0.25) is 0 Å². The van der Waals surface area contributed by atoms with Gasteiger partial charge in [-0.2, -0.15) is 13.2 Å². The van der Waals surface area contributed by atoms with Crippen molar-refractivity contribution in [2.75, 3.05) is 26.2 Å². The first-order chi connectivity index (χ1) is 26.8. The number of hydrogen-bond donors (Lipinski definition) is 3. The van der Waals surface area contributed by atoms with Crippen LogP contribution in [-0.4, -0.2) is 59.0 Å². The molecule has 1 atom stereocenters. The fraction of sp³-hybridized carbons (Fsp3) is 0.318. The van der Waals surface area contributed by atoms with Gasteiger partial charge in [-0.05, 0) is 81.4 Å². The summed E-state index contributed by atoms with van der Waals surface area (Å²) in [6.07, 6.45) is -2.16. The highest BCUT2D eigenvalue weighted by atomic mass is 32.1. The van der Waals surface area contributed by atoms with E-state index in [0.717, 1.165) is 41.9 Å². The number of alkyl halides is 3. The molecular weight excluding hydrogens is 738 g/mol. The van der Waals surface area contributed by atoms with Gasteiger partial charge in [-0.25, -0.2) is 4.98 Å². The number of halogens is 3. The number of carboxylic acids is 1. The third-order valence-electron chi connectivity index (χ3n) is 11.0. The largest absolute Gasteiger partial charge is 0.481 e. The summed E-state index contributed by atoms with van der Waals surface area (Å²) in [4.78, 5) is 45.6. The van der Waals surface area contributed by atoms with Crippen molar-refractivity contribution in [3.05, 3.63) is 148 Å². The molecular formula is C44H45F3N4O4S. The fourth-order valence-corrected chi connectivity index (χ4v) is 8.60. The minimum Gasteiger partial charge on any atom is -0.481 e. The summed E-state index contributed by atoms with van der Waals surface area (Å²) in [6.45, 7) is 6.02. The predicted molar refractivity (Wildman–Crippen MR) is 211 cm³/mol. The van der Waals surface area contributed by atoms with Crippen LogP contribution in [0.3, 0.4) is 0 Å². The van der Waals surface area contributed by atoms with Crippen LogP contribution in [0.4, 0.5) is 13.2 Å². The Balaban J connectivity index is 0.000000295. The Hall–Kier alpha value is -5.33. The molecule has 2 aliphatic heterocycles. The van der Waals surface area contributed by atoms with Gasteiger partial charge in [0.05, 0.1) is 28.1 Å². The first kappa shape index (κ1) is 40.3. The third-order valence-corrected chi connectivity index (χ3v) is 12.1. The molecule has 2 saturated heterocycles. The van der Waals surface area contributed by atoms with Crippen LogP contribution >= 0.6 is 11.3 Å². The number of piperidine rings is 2. The molecule has 12 heteroatoms. The van der Waals surface area contributed by atoms with Gasteiger partial charge >= 0.3 is 12.1 Å². The standard InChI is InChI=1S/C32H30F3N3O2S.C12H15NO2/c1-21(23-9-5-3-6-10-23)37-30(40)31(25-11-7-4-8-12-25)17-19-38(20-18-31)29(39)27-22(2)36-28(41-27)24-13-15-26(16-14-24)32(33,34)35;14-11(15)12(6-8-13-9-7-12)10-4-2-1-3-5-10/h3-16,21H,17-20H2,1-2H3,(H,37,40);1-5,13H,6-9H2,(H,14,15)/t21-;/m0./s1. The van der Waals surface area contributed by atoms with Crippen molar-refractivity contribution in [1.82, 2.24) is 20.5 Å². The number of carbonyl (C=O) groups is 3. The van der Waals surface area contributed by atoms with Crippen molar-refractivity contribution < 1.29 is 32.7 Å². The molecule has 4 aromatic carbocycles. The van der Waals surface area contributed by atoms with E-state index in [1.165, 1.54) is 23.5 Å². The number of likely N-dealkylation sites (tertiary alicyclic amines) is 1. The Kier molecular flexibility index (Phi) is 12.4. The fourth-order valence-electron chi connectivity index (χ4n) is 7.56. The van der Waals surface area contributed by atoms with Crippen LogP contribution in [0, 0.1) is 6.92 Å². The van der Waals surface area contributed by atoms with E-state index in [1.54, 1.807) is 11.8 Å². The SMILES string of the molecule is Cc1nc(-c2ccc(C(F)(F)F)cc2)sc1C(=O)N1CCC(C(=O)N[C@@H](C)c2ccccc2)(c2ccccc2)CC1.O=C(O)C1(c2ccccc2)CCNCC1. The van der Waals surface area contributed by atoms with Gasteiger partial charge < -0.3 is 20.6 Å². The van der Waals surface area contributed by atoms with Crippen molar-refractivity contribution in [3.8, 4) is 10.6 Å². The molecule has 56 heavy (non-hydrogen) atoms. The van der Waals surface area contributed by atoms with E-state index in [-0.39, 0.29) is 17.9 Å². The van der Waals surface area contributed by atoms with Gasteiger partial charge in [-0.1, -0.05) is 103 Å². The van der Waals surface area contributed by atoms with Crippen LogP contribution in [0.5, 0.6) is 0 Å². The molecule has 0 aliphatic carbocycles. The summed E-state index contributed by atoms with van der Waals surface area (Å²) < 4.78 is 38.9. The second-order valence-electron chi connectivity index (χ2n) is 14.4. The van der Waals surface area contributed by atoms with Gasteiger partial charge in [-0.3, -0.25) is 14.4 Å². The number of carbonyl (C=O) groups excluding carboxylic acids is 2. The number of carboxylic acid groups (broad SMARTS) is 1. The number of amides is 2. The zero-order valence-electron chi connectivity index (χ0n) is 31.3. The van der Waals surface area contributed by atoms with Gasteiger partial charge in [0.25, 0.3) is 5.91 Å². The Morgan fingerprint density at radius 2 is 1.30 bits per heavy atom. The average Bonchev–Trinajstić information content (AvgIpc) is 3.63. The average molecular weight is 783 g/mol. The zero-order chi connectivity index (χ0) is 39.9. The van der Waals surface area contributed by atoms with E-state index < -0.39 is 28.5 Å². The van der Waals surface area contributed by atoms with E-state index in [9.17, 15) is 32.7 Å². The second-order valence-corrected chi connectivity index (χ2v) is 15.4. The number of benzene rings is 4. The lowest BCUT2D eigenvalue weighted by atomic mass is 9.71. The summed E-state index contributed by atoms with van der Waals surface area (Å²) in [5.74, 6) is -0.946. The molecule has 2 fully saturated rings. The Morgan fingerprint density at radius 1 is 0.786 bits per heavy atom. The zero-order valence-corrected chi connectivity index (χ0v) is 32.1. The topological polar surface area (TPSA) is 112 Å². The lowest BCUT2D eigenvalue weighted by Crippen LogP contribution is -2.53. The molecule has 1 aromatic heterocycles. The predicted octanol–water partition coefficient (Wildman–Crippen LogP) is 8.58. The quantitative estimate of drug-likeness (QED) is 0.146. The molecule has 8 nitrogen and oxygen atoms in total. The van der Waals surface area contributed by atoms with Crippen molar-refractivity contribution >= 4 is 29.1 Å². The maximum absolute atomic E-state index is 13.9. The van der Waals surface area contributed by atoms with E-state index in [1.807, 2.05) is 97.9 Å². The number of aromatic nitrogens is 1. The maximum Gasteiger partial charge on any atom is 0.416 e. The van der Waals surface area contributed by atoms with Gasteiger partial charge in [0, 0.05) is 18.7 Å². The molecule has 2 amide bonds. The highest BCUT2D eigenvalue weighted by molar-refractivity contribution is 7.17. The summed E-state index contributed by atoms with van der Waals surface area (Å²) >= 11 is 1.17. The number of nitrogens with one attached hydrogen (secondary N) is 2. The molecule has 0 saturated carbocycles. The molecule has 7 rings (SSSR count). The lowest BCUT2D eigenvalue weighted by molar-refractivity contribution is -0.145. The normalized spacial score (nSPS) is 16.8. The monoisotopic (exact) mass is 782 g/mol. The molecule has 0 bridgehead atoms. The molecule has 0 spiro atoms. The van der Waals surface area contributed by atoms with Crippen LogP contribution in [0.1, 0.15) is 76.3 Å². The second kappa shape index (κ2) is 17.2. The molecule has 0 unspecified atom stereocenters. The van der Waals surface area contributed by atoms with Crippen LogP contribution in [0.15, 0.2) is 115 Å². The van der Waals surface area contributed by atoms with Crippen molar-refractivity contribution in [3.63, 3.8) is 0 Å². The van der Waals surface area contributed by atoms with E-state index >= 15 is 0 Å². The summed E-state index contributed by atoms with van der Waals surface area (Å²) in [5.41, 5.74) is 1.73. The molecule has 5 aromatic rings. The number of thiazole rings is 1. The Bertz CT molecular complexity index is 2100. The number of nitrogens with zero attached hydrogens (tertiary/aromatic N) is 2. The minimum absolute atomic E-state index is 0.0642.